The zero-order valence-corrected chi connectivity index (χ0v) is 8.41. The van der Waals surface area contributed by atoms with Gasteiger partial charge in [-0.15, -0.1) is 0 Å². The maximum atomic E-state index is 11.9. The summed E-state index contributed by atoms with van der Waals surface area (Å²) in [5, 5.41) is 0.923. The van der Waals surface area contributed by atoms with Gasteiger partial charge in [-0.3, -0.25) is 0 Å². The van der Waals surface area contributed by atoms with Gasteiger partial charge in [0, 0.05) is 11.8 Å². The molecule has 0 aliphatic heterocycles. The molecule has 0 aromatic carbocycles. The number of halogens is 3. The van der Waals surface area contributed by atoms with Gasteiger partial charge in [0.15, 0.2) is 0 Å². The molecule has 0 aromatic rings. The fraction of sp³-hybridized carbons (Fsp3) is 1.00. The average Bonchev–Trinajstić information content (AvgIpc) is 1.97. The quantitative estimate of drug-likeness (QED) is 0.607. The van der Waals surface area contributed by atoms with Gasteiger partial charge in [0.05, 0.1) is 0 Å². The van der Waals surface area contributed by atoms with Gasteiger partial charge in [0.1, 0.15) is 0 Å². The molecule has 0 rings (SSSR count). The van der Waals surface area contributed by atoms with Crippen LogP contribution in [0.15, 0.2) is 0 Å². The number of hydrogen-bond donors (Lipinski definition) is 0. The Morgan fingerprint density at radius 2 is 2.00 bits per heavy atom. The summed E-state index contributed by atoms with van der Waals surface area (Å²) in [7, 11) is 0. The molecule has 0 bridgehead atoms. The third-order valence-corrected chi connectivity index (χ3v) is 2.40. The van der Waals surface area contributed by atoms with E-state index >= 15 is 0 Å². The lowest BCUT2D eigenvalue weighted by Crippen LogP contribution is -2.05. The molecule has 0 nitrogen and oxygen atoms in total. The maximum absolute atomic E-state index is 11.9. The summed E-state index contributed by atoms with van der Waals surface area (Å²) in [6.07, 6.45) is 0.744. The second-order valence-corrected chi connectivity index (χ2v) is 3.53. The second-order valence-electron chi connectivity index (χ2n) is 2.73. The molecule has 0 aromatic heterocycles. The first-order chi connectivity index (χ1) is 5.20. The van der Waals surface area contributed by atoms with E-state index in [1.807, 2.05) is 6.92 Å². The van der Waals surface area contributed by atoms with Crippen LogP contribution in [0.5, 0.6) is 0 Å². The van der Waals surface area contributed by atoms with Crippen LogP contribution in [-0.4, -0.2) is 11.8 Å². The first-order valence-electron chi connectivity index (χ1n) is 4.04. The normalized spacial score (nSPS) is 13.9. The molecule has 0 amide bonds. The van der Waals surface area contributed by atoms with Crippen molar-refractivity contribution in [3.8, 4) is 0 Å². The zero-order chi connectivity index (χ0) is 8.69. The van der Waals surface area contributed by atoms with Crippen LogP contribution >= 0.6 is 15.9 Å². The van der Waals surface area contributed by atoms with E-state index < -0.39 is 6.43 Å². The monoisotopic (exact) mass is 228 g/mol. The molecular weight excluding hydrogens is 214 g/mol. The summed E-state index contributed by atoms with van der Waals surface area (Å²) in [4.78, 5) is 0. The van der Waals surface area contributed by atoms with Crippen LogP contribution in [0.2, 0.25) is 0 Å². The summed E-state index contributed by atoms with van der Waals surface area (Å²) in [5.74, 6) is 0.215. The van der Waals surface area contributed by atoms with E-state index in [9.17, 15) is 8.78 Å². The van der Waals surface area contributed by atoms with Crippen molar-refractivity contribution < 1.29 is 8.78 Å². The first kappa shape index (κ1) is 11.3. The lowest BCUT2D eigenvalue weighted by molar-refractivity contribution is 0.111. The molecule has 11 heavy (non-hydrogen) atoms. The van der Waals surface area contributed by atoms with Crippen LogP contribution in [0.25, 0.3) is 0 Å². The van der Waals surface area contributed by atoms with E-state index in [1.54, 1.807) is 0 Å². The Balaban J connectivity index is 3.41. The summed E-state index contributed by atoms with van der Waals surface area (Å²) in [5.41, 5.74) is 0. The maximum Gasteiger partial charge on any atom is 0.238 e. The van der Waals surface area contributed by atoms with E-state index in [2.05, 4.69) is 15.9 Å². The van der Waals surface area contributed by atoms with E-state index in [0.717, 1.165) is 24.6 Å². The van der Waals surface area contributed by atoms with Gasteiger partial charge >= 0.3 is 0 Å². The molecule has 0 N–H and O–H groups in total. The Labute approximate surface area is 75.5 Å². The smallest absolute Gasteiger partial charge is 0.211 e. The Kier molecular flexibility index (Phi) is 7.23. The van der Waals surface area contributed by atoms with Gasteiger partial charge < -0.3 is 0 Å². The topological polar surface area (TPSA) is 0 Å². The minimum absolute atomic E-state index is 0.0729. The van der Waals surface area contributed by atoms with Crippen molar-refractivity contribution in [1.29, 1.82) is 0 Å². The van der Waals surface area contributed by atoms with Crippen LogP contribution in [0.3, 0.4) is 0 Å². The summed E-state index contributed by atoms with van der Waals surface area (Å²) >= 11 is 3.29. The molecule has 0 radical (unpaired) electrons. The van der Waals surface area contributed by atoms with Gasteiger partial charge in [-0.1, -0.05) is 29.3 Å². The molecule has 3 heteroatoms. The van der Waals surface area contributed by atoms with Gasteiger partial charge in [0.2, 0.25) is 6.43 Å². The molecule has 0 fully saturated rings. The van der Waals surface area contributed by atoms with Crippen molar-refractivity contribution in [1.82, 2.24) is 0 Å². The Bertz CT molecular complexity index is 86.2. The number of rotatable bonds is 6. The largest absolute Gasteiger partial charge is 0.238 e. The van der Waals surface area contributed by atoms with Crippen LogP contribution in [0.4, 0.5) is 8.78 Å². The third-order valence-electron chi connectivity index (χ3n) is 1.83. The van der Waals surface area contributed by atoms with Crippen LogP contribution in [0, 0.1) is 5.92 Å². The average molecular weight is 229 g/mol. The highest BCUT2D eigenvalue weighted by Gasteiger charge is 2.12. The molecule has 0 saturated heterocycles. The lowest BCUT2D eigenvalue weighted by Gasteiger charge is -2.12. The highest BCUT2D eigenvalue weighted by atomic mass is 79.9. The van der Waals surface area contributed by atoms with Crippen molar-refractivity contribution in [2.24, 2.45) is 5.92 Å². The predicted octanol–water partition coefficient (Wildman–Crippen LogP) is 3.84. The van der Waals surface area contributed by atoms with Gasteiger partial charge in [-0.05, 0) is 18.8 Å². The van der Waals surface area contributed by atoms with Crippen molar-refractivity contribution >= 4 is 15.9 Å². The van der Waals surface area contributed by atoms with E-state index in [1.165, 1.54) is 0 Å². The SMILES string of the molecule is CCC(CCCBr)CC(F)F. The first-order valence-corrected chi connectivity index (χ1v) is 5.17. The van der Waals surface area contributed by atoms with Crippen LogP contribution in [0.1, 0.15) is 32.6 Å². The standard InChI is InChI=1S/C8H15BrF2/c1-2-7(4-3-5-9)6-8(10)11/h7-8H,2-6H2,1H3. The molecule has 0 aliphatic carbocycles. The molecule has 0 spiro atoms. The second kappa shape index (κ2) is 7.01. The van der Waals surface area contributed by atoms with E-state index in [0.29, 0.717) is 0 Å². The highest BCUT2D eigenvalue weighted by Crippen LogP contribution is 2.19. The molecule has 0 heterocycles. The van der Waals surface area contributed by atoms with Crippen molar-refractivity contribution in [2.75, 3.05) is 5.33 Å². The summed E-state index contributed by atoms with van der Waals surface area (Å²) in [6, 6.07) is 0. The minimum Gasteiger partial charge on any atom is -0.211 e. The van der Waals surface area contributed by atoms with Crippen molar-refractivity contribution in [3.05, 3.63) is 0 Å². The molecule has 1 unspecified atom stereocenters. The molecule has 0 saturated carbocycles. The van der Waals surface area contributed by atoms with Crippen molar-refractivity contribution in [3.63, 3.8) is 0 Å². The fourth-order valence-electron chi connectivity index (χ4n) is 1.11. The Morgan fingerprint density at radius 1 is 1.36 bits per heavy atom. The van der Waals surface area contributed by atoms with E-state index in [-0.39, 0.29) is 12.3 Å². The summed E-state index contributed by atoms with van der Waals surface area (Å²) in [6.45, 7) is 1.97. The lowest BCUT2D eigenvalue weighted by atomic mass is 9.97. The molecule has 0 aliphatic rings. The highest BCUT2D eigenvalue weighted by molar-refractivity contribution is 9.09. The van der Waals surface area contributed by atoms with Crippen LogP contribution < -0.4 is 0 Å². The minimum atomic E-state index is -2.13. The fourth-order valence-corrected chi connectivity index (χ4v) is 1.43. The molecule has 1 atom stereocenters. The molecular formula is C8H15BrF2. The summed E-state index contributed by atoms with van der Waals surface area (Å²) < 4.78 is 23.8. The van der Waals surface area contributed by atoms with Crippen molar-refractivity contribution in [2.45, 2.75) is 39.0 Å². The van der Waals surface area contributed by atoms with Gasteiger partial charge in [0.25, 0.3) is 0 Å². The van der Waals surface area contributed by atoms with Gasteiger partial charge in [-0.25, -0.2) is 8.78 Å². The Morgan fingerprint density at radius 3 is 2.36 bits per heavy atom. The van der Waals surface area contributed by atoms with E-state index in [4.69, 9.17) is 0 Å². The Hall–Kier alpha value is 0.340. The molecule has 68 valence electrons. The zero-order valence-electron chi connectivity index (χ0n) is 6.82. The van der Waals surface area contributed by atoms with Gasteiger partial charge in [-0.2, -0.15) is 0 Å². The predicted molar refractivity (Wildman–Crippen MR) is 47.4 cm³/mol. The number of hydrogen-bond acceptors (Lipinski definition) is 0. The van der Waals surface area contributed by atoms with Crippen LogP contribution in [-0.2, 0) is 0 Å². The number of alkyl halides is 3. The third kappa shape index (κ3) is 6.73.